The molecule has 86 valence electrons. The van der Waals surface area contributed by atoms with Gasteiger partial charge in [-0.25, -0.2) is 0 Å². The fraction of sp³-hybridized carbons (Fsp3) is 0.600. The fourth-order valence-electron chi connectivity index (χ4n) is 0.847. The van der Waals surface area contributed by atoms with Crippen LogP contribution in [0, 0.1) is 0 Å². The van der Waals surface area contributed by atoms with Crippen molar-refractivity contribution >= 4 is 11.8 Å². The van der Waals surface area contributed by atoms with Crippen molar-refractivity contribution in [3.63, 3.8) is 0 Å². The third kappa shape index (κ3) is 6.54. The van der Waals surface area contributed by atoms with Crippen molar-refractivity contribution in [2.45, 2.75) is 26.7 Å². The first-order valence-electron chi connectivity index (χ1n) is 5.15. The van der Waals surface area contributed by atoms with E-state index in [1.807, 2.05) is 13.8 Å². The van der Waals surface area contributed by atoms with Crippen LogP contribution < -0.4 is 16.4 Å². The van der Waals surface area contributed by atoms with Gasteiger partial charge in [-0.05, 0) is 12.8 Å². The second kappa shape index (κ2) is 7.84. The number of nitrogens with one attached hydrogen (secondary N) is 2. The van der Waals surface area contributed by atoms with Crippen LogP contribution in [0.4, 0.5) is 0 Å². The summed E-state index contributed by atoms with van der Waals surface area (Å²) >= 11 is 0. The van der Waals surface area contributed by atoms with Gasteiger partial charge in [0.05, 0.1) is 0 Å². The van der Waals surface area contributed by atoms with E-state index in [0.29, 0.717) is 13.1 Å². The lowest BCUT2D eigenvalue weighted by Gasteiger charge is -2.03. The van der Waals surface area contributed by atoms with Crippen LogP contribution in [0.3, 0.4) is 0 Å². The molecule has 5 heteroatoms. The summed E-state index contributed by atoms with van der Waals surface area (Å²) in [7, 11) is 0. The van der Waals surface area contributed by atoms with Crippen LogP contribution in [0.25, 0.3) is 0 Å². The minimum Gasteiger partial charge on any atom is -0.394 e. The molecular formula is C10H19N3O2. The Morgan fingerprint density at radius 3 is 2.20 bits per heavy atom. The van der Waals surface area contributed by atoms with E-state index in [4.69, 9.17) is 5.73 Å². The van der Waals surface area contributed by atoms with Crippen LogP contribution in [0.5, 0.6) is 0 Å². The Hall–Kier alpha value is -1.52. The molecule has 0 bridgehead atoms. The molecule has 15 heavy (non-hydrogen) atoms. The van der Waals surface area contributed by atoms with Gasteiger partial charge in [-0.15, -0.1) is 0 Å². The van der Waals surface area contributed by atoms with E-state index in [2.05, 4.69) is 10.6 Å². The van der Waals surface area contributed by atoms with Gasteiger partial charge in [0, 0.05) is 19.2 Å². The van der Waals surface area contributed by atoms with E-state index in [1.54, 1.807) is 0 Å². The zero-order valence-electron chi connectivity index (χ0n) is 9.30. The van der Waals surface area contributed by atoms with E-state index >= 15 is 0 Å². The lowest BCUT2D eigenvalue weighted by Crippen LogP contribution is -2.31. The molecule has 0 atom stereocenters. The second-order valence-corrected chi connectivity index (χ2v) is 3.15. The summed E-state index contributed by atoms with van der Waals surface area (Å²) in [5.41, 5.74) is 5.36. The van der Waals surface area contributed by atoms with Crippen molar-refractivity contribution in [1.29, 1.82) is 0 Å². The Bertz CT molecular complexity index is 249. The number of hydrogen-bond donors (Lipinski definition) is 3. The summed E-state index contributed by atoms with van der Waals surface area (Å²) in [5.74, 6) is -0.732. The van der Waals surface area contributed by atoms with Gasteiger partial charge in [0.1, 0.15) is 5.70 Å². The van der Waals surface area contributed by atoms with Crippen LogP contribution in [-0.4, -0.2) is 24.9 Å². The van der Waals surface area contributed by atoms with Gasteiger partial charge in [0.15, 0.2) is 0 Å². The predicted octanol–water partition coefficient (Wildman–Crippen LogP) is -0.119. The molecule has 0 aliphatic rings. The Balaban J connectivity index is 4.05. The molecule has 0 aromatic carbocycles. The molecule has 0 aromatic rings. The van der Waals surface area contributed by atoms with Gasteiger partial charge in [-0.1, -0.05) is 13.8 Å². The first-order chi connectivity index (χ1) is 7.11. The molecule has 4 N–H and O–H groups in total. The van der Waals surface area contributed by atoms with Crippen molar-refractivity contribution in [2.24, 2.45) is 5.73 Å². The number of carbonyl (C=O) groups excluding carboxylic acids is 2. The van der Waals surface area contributed by atoms with E-state index < -0.39 is 5.91 Å². The van der Waals surface area contributed by atoms with Gasteiger partial charge in [-0.3, -0.25) is 9.59 Å². The lowest BCUT2D eigenvalue weighted by atomic mass is 10.3. The van der Waals surface area contributed by atoms with Crippen molar-refractivity contribution in [1.82, 2.24) is 10.6 Å². The summed E-state index contributed by atoms with van der Waals surface area (Å²) in [6.07, 6.45) is 2.79. The summed E-state index contributed by atoms with van der Waals surface area (Å²) in [6, 6.07) is 0. The molecule has 0 heterocycles. The van der Waals surface area contributed by atoms with Crippen LogP contribution in [0.1, 0.15) is 26.7 Å². The summed E-state index contributed by atoms with van der Waals surface area (Å²) in [5, 5.41) is 5.18. The molecule has 0 aliphatic heterocycles. The van der Waals surface area contributed by atoms with Gasteiger partial charge < -0.3 is 16.4 Å². The largest absolute Gasteiger partial charge is 0.394 e. The molecule has 0 aliphatic carbocycles. The molecule has 0 aromatic heterocycles. The topological polar surface area (TPSA) is 84.2 Å². The minimum absolute atomic E-state index is 0.0583. The minimum atomic E-state index is -0.400. The average molecular weight is 213 g/mol. The molecule has 0 saturated carbocycles. The number of carbonyl (C=O) groups is 2. The van der Waals surface area contributed by atoms with Crippen LogP contribution in [0.2, 0.25) is 0 Å². The molecule has 0 saturated heterocycles. The number of rotatable bonds is 6. The summed E-state index contributed by atoms with van der Waals surface area (Å²) < 4.78 is 0. The lowest BCUT2D eigenvalue weighted by molar-refractivity contribution is -0.119. The van der Waals surface area contributed by atoms with E-state index in [-0.39, 0.29) is 11.6 Å². The van der Waals surface area contributed by atoms with Gasteiger partial charge >= 0.3 is 0 Å². The first-order valence-corrected chi connectivity index (χ1v) is 5.15. The molecule has 5 nitrogen and oxygen atoms in total. The molecule has 0 spiro atoms. The third-order valence-corrected chi connectivity index (χ3v) is 1.63. The predicted molar refractivity (Wildman–Crippen MR) is 58.9 cm³/mol. The highest BCUT2D eigenvalue weighted by molar-refractivity contribution is 6.00. The standard InChI is InChI=1S/C10H19N3O2/c1-3-5-12-9(14)7-8(11)10(15)13-6-4-2/h7H,3-6,11H2,1-2H3,(H,12,14)(H,13,15)/b8-7+. The second-order valence-electron chi connectivity index (χ2n) is 3.15. The Labute approximate surface area is 90.1 Å². The Morgan fingerprint density at radius 1 is 1.13 bits per heavy atom. The maximum absolute atomic E-state index is 11.2. The fourth-order valence-corrected chi connectivity index (χ4v) is 0.847. The van der Waals surface area contributed by atoms with Crippen molar-refractivity contribution in [2.75, 3.05) is 13.1 Å². The van der Waals surface area contributed by atoms with E-state index in [0.717, 1.165) is 18.9 Å². The monoisotopic (exact) mass is 213 g/mol. The highest BCUT2D eigenvalue weighted by Crippen LogP contribution is 1.85. The van der Waals surface area contributed by atoms with Crippen LogP contribution in [-0.2, 0) is 9.59 Å². The van der Waals surface area contributed by atoms with Crippen molar-refractivity contribution < 1.29 is 9.59 Å². The average Bonchev–Trinajstić information content (AvgIpc) is 2.22. The molecule has 2 amide bonds. The molecule has 0 unspecified atom stereocenters. The number of hydrogen-bond acceptors (Lipinski definition) is 3. The van der Waals surface area contributed by atoms with Gasteiger partial charge in [-0.2, -0.15) is 0 Å². The maximum atomic E-state index is 11.2. The smallest absolute Gasteiger partial charge is 0.267 e. The SMILES string of the molecule is CCCNC(=O)/C=C(/N)C(=O)NCCC. The van der Waals surface area contributed by atoms with E-state index in [9.17, 15) is 9.59 Å². The molecule has 0 radical (unpaired) electrons. The van der Waals surface area contributed by atoms with Crippen LogP contribution in [0.15, 0.2) is 11.8 Å². The normalized spacial score (nSPS) is 10.9. The highest BCUT2D eigenvalue weighted by atomic mass is 16.2. The first kappa shape index (κ1) is 13.5. The van der Waals surface area contributed by atoms with Crippen molar-refractivity contribution in [3.05, 3.63) is 11.8 Å². The zero-order chi connectivity index (χ0) is 11.7. The number of amides is 2. The van der Waals surface area contributed by atoms with E-state index in [1.165, 1.54) is 0 Å². The zero-order valence-corrected chi connectivity index (χ0v) is 9.30. The van der Waals surface area contributed by atoms with Crippen LogP contribution >= 0.6 is 0 Å². The van der Waals surface area contributed by atoms with Crippen molar-refractivity contribution in [3.8, 4) is 0 Å². The summed E-state index contributed by atoms with van der Waals surface area (Å²) in [4.78, 5) is 22.4. The molecular weight excluding hydrogens is 194 g/mol. The third-order valence-electron chi connectivity index (χ3n) is 1.63. The summed E-state index contributed by atoms with van der Waals surface area (Å²) in [6.45, 7) is 5.03. The maximum Gasteiger partial charge on any atom is 0.267 e. The molecule has 0 fully saturated rings. The number of nitrogens with two attached hydrogens (primary N) is 1. The Kier molecular flexibility index (Phi) is 7.05. The quantitative estimate of drug-likeness (QED) is 0.538. The van der Waals surface area contributed by atoms with Gasteiger partial charge in [0.2, 0.25) is 5.91 Å². The van der Waals surface area contributed by atoms with Gasteiger partial charge in [0.25, 0.3) is 5.91 Å². The Morgan fingerprint density at radius 2 is 1.67 bits per heavy atom. The highest BCUT2D eigenvalue weighted by Gasteiger charge is 2.05. The molecule has 0 rings (SSSR count).